The van der Waals surface area contributed by atoms with Crippen LogP contribution >= 0.6 is 0 Å². The Balaban J connectivity index is 1.95. The Labute approximate surface area is 137 Å². The Morgan fingerprint density at radius 1 is 1.22 bits per heavy atom. The second-order valence-electron chi connectivity index (χ2n) is 6.06. The van der Waals surface area contributed by atoms with Crippen LogP contribution in [0, 0.1) is 5.92 Å². The summed E-state index contributed by atoms with van der Waals surface area (Å²) < 4.78 is 5.86. The number of ether oxygens (including phenoxy) is 1. The number of hydrogen-bond acceptors (Lipinski definition) is 3. The standard InChI is InChI=1S/C18H25NO4/c1-3-12(4-2)16-11-15(9-10-23-16)19-17(20)13-5-7-14(8-6-13)18(21)22/h5-8,12,15-16H,3-4,9-11H2,1-2H3,(H,19,20)(H,21,22). The molecule has 1 aliphatic heterocycles. The molecule has 0 radical (unpaired) electrons. The fourth-order valence-electron chi connectivity index (χ4n) is 3.13. The van der Waals surface area contributed by atoms with E-state index in [0.29, 0.717) is 18.1 Å². The molecule has 2 N–H and O–H groups in total. The minimum absolute atomic E-state index is 0.112. The lowest BCUT2D eigenvalue weighted by Gasteiger charge is -2.34. The normalized spacial score (nSPS) is 21.2. The summed E-state index contributed by atoms with van der Waals surface area (Å²) in [5, 5.41) is 11.9. The van der Waals surface area contributed by atoms with Gasteiger partial charge in [-0.3, -0.25) is 4.79 Å². The van der Waals surface area contributed by atoms with Gasteiger partial charge in [0.25, 0.3) is 5.91 Å². The van der Waals surface area contributed by atoms with Crippen molar-refractivity contribution in [2.24, 2.45) is 5.92 Å². The van der Waals surface area contributed by atoms with E-state index in [1.165, 1.54) is 12.1 Å². The Morgan fingerprint density at radius 3 is 2.39 bits per heavy atom. The van der Waals surface area contributed by atoms with Crippen molar-refractivity contribution in [2.45, 2.75) is 51.7 Å². The summed E-state index contributed by atoms with van der Waals surface area (Å²) in [5.74, 6) is -0.615. The molecule has 0 spiro atoms. The van der Waals surface area contributed by atoms with Crippen LogP contribution < -0.4 is 5.32 Å². The molecule has 2 rings (SSSR count). The molecular weight excluding hydrogens is 294 g/mol. The van der Waals surface area contributed by atoms with Gasteiger partial charge in [0.15, 0.2) is 0 Å². The van der Waals surface area contributed by atoms with Crippen molar-refractivity contribution in [3.63, 3.8) is 0 Å². The van der Waals surface area contributed by atoms with Crippen LogP contribution in [0.3, 0.4) is 0 Å². The zero-order valence-electron chi connectivity index (χ0n) is 13.7. The molecule has 1 aromatic rings. The molecule has 0 aliphatic carbocycles. The highest BCUT2D eigenvalue weighted by molar-refractivity contribution is 5.96. The first-order valence-corrected chi connectivity index (χ1v) is 8.31. The third-order valence-electron chi connectivity index (χ3n) is 4.62. The predicted octanol–water partition coefficient (Wildman–Crippen LogP) is 3.10. The molecule has 1 heterocycles. The van der Waals surface area contributed by atoms with Crippen LogP contribution in [0.25, 0.3) is 0 Å². The summed E-state index contributed by atoms with van der Waals surface area (Å²) in [6, 6.07) is 6.12. The zero-order valence-corrected chi connectivity index (χ0v) is 13.7. The number of aromatic carboxylic acids is 1. The lowest BCUT2D eigenvalue weighted by Crippen LogP contribution is -2.44. The van der Waals surface area contributed by atoms with Crippen LogP contribution in [0.1, 0.15) is 60.2 Å². The van der Waals surface area contributed by atoms with Gasteiger partial charge in [0, 0.05) is 18.2 Å². The smallest absolute Gasteiger partial charge is 0.335 e. The van der Waals surface area contributed by atoms with Gasteiger partial charge >= 0.3 is 5.97 Å². The van der Waals surface area contributed by atoms with Gasteiger partial charge < -0.3 is 15.2 Å². The fourth-order valence-corrected chi connectivity index (χ4v) is 3.13. The third-order valence-corrected chi connectivity index (χ3v) is 4.62. The topological polar surface area (TPSA) is 75.6 Å². The maximum absolute atomic E-state index is 12.3. The molecule has 2 unspecified atom stereocenters. The first-order valence-electron chi connectivity index (χ1n) is 8.31. The minimum Gasteiger partial charge on any atom is -0.478 e. The number of benzene rings is 1. The number of rotatable bonds is 6. The number of hydrogen-bond donors (Lipinski definition) is 2. The summed E-state index contributed by atoms with van der Waals surface area (Å²) in [4.78, 5) is 23.2. The summed E-state index contributed by atoms with van der Waals surface area (Å²) in [5.41, 5.74) is 0.669. The number of carbonyl (C=O) groups is 2. The summed E-state index contributed by atoms with van der Waals surface area (Å²) >= 11 is 0. The van der Waals surface area contributed by atoms with E-state index in [9.17, 15) is 9.59 Å². The van der Waals surface area contributed by atoms with Crippen LogP contribution in [-0.4, -0.2) is 35.7 Å². The predicted molar refractivity (Wildman–Crippen MR) is 87.7 cm³/mol. The first kappa shape index (κ1) is 17.5. The van der Waals surface area contributed by atoms with Gasteiger partial charge in [-0.05, 0) is 43.0 Å². The highest BCUT2D eigenvalue weighted by atomic mass is 16.5. The first-order chi connectivity index (χ1) is 11.0. The average Bonchev–Trinajstić information content (AvgIpc) is 2.56. The molecule has 126 valence electrons. The van der Waals surface area contributed by atoms with Crippen LogP contribution in [-0.2, 0) is 4.74 Å². The largest absolute Gasteiger partial charge is 0.478 e. The quantitative estimate of drug-likeness (QED) is 0.845. The van der Waals surface area contributed by atoms with Crippen molar-refractivity contribution in [2.75, 3.05) is 6.61 Å². The van der Waals surface area contributed by atoms with Gasteiger partial charge in [-0.2, -0.15) is 0 Å². The van der Waals surface area contributed by atoms with Crippen molar-refractivity contribution in [3.8, 4) is 0 Å². The summed E-state index contributed by atoms with van der Waals surface area (Å²) in [6.07, 6.45) is 4.02. The van der Waals surface area contributed by atoms with E-state index in [2.05, 4.69) is 19.2 Å². The average molecular weight is 319 g/mol. The lowest BCUT2D eigenvalue weighted by atomic mass is 9.89. The SMILES string of the molecule is CCC(CC)C1CC(NC(=O)c2ccc(C(=O)O)cc2)CCO1. The molecular formula is C18H25NO4. The van der Waals surface area contributed by atoms with Crippen LogP contribution in [0.2, 0.25) is 0 Å². The number of carboxylic acid groups (broad SMARTS) is 1. The van der Waals surface area contributed by atoms with Crippen molar-refractivity contribution in [3.05, 3.63) is 35.4 Å². The lowest BCUT2D eigenvalue weighted by molar-refractivity contribution is -0.0337. The van der Waals surface area contributed by atoms with Crippen molar-refractivity contribution in [1.82, 2.24) is 5.32 Å². The van der Waals surface area contributed by atoms with E-state index in [4.69, 9.17) is 9.84 Å². The maximum Gasteiger partial charge on any atom is 0.335 e. The molecule has 0 bridgehead atoms. The highest BCUT2D eigenvalue weighted by Gasteiger charge is 2.28. The Kier molecular flexibility index (Phi) is 6.16. The van der Waals surface area contributed by atoms with Crippen molar-refractivity contribution >= 4 is 11.9 Å². The van der Waals surface area contributed by atoms with E-state index in [-0.39, 0.29) is 23.6 Å². The second-order valence-corrected chi connectivity index (χ2v) is 6.06. The maximum atomic E-state index is 12.3. The second kappa shape index (κ2) is 8.11. The van der Waals surface area contributed by atoms with Gasteiger partial charge in [0.05, 0.1) is 11.7 Å². The molecule has 2 atom stereocenters. The van der Waals surface area contributed by atoms with Gasteiger partial charge in [-0.25, -0.2) is 4.79 Å². The Hall–Kier alpha value is -1.88. The van der Waals surface area contributed by atoms with Gasteiger partial charge in [-0.1, -0.05) is 26.7 Å². The van der Waals surface area contributed by atoms with E-state index in [1.807, 2.05) is 0 Å². The van der Waals surface area contributed by atoms with Crippen LogP contribution in [0.5, 0.6) is 0 Å². The third kappa shape index (κ3) is 4.55. The van der Waals surface area contributed by atoms with Gasteiger partial charge in [-0.15, -0.1) is 0 Å². The van der Waals surface area contributed by atoms with E-state index in [0.717, 1.165) is 25.7 Å². The van der Waals surface area contributed by atoms with Crippen LogP contribution in [0.4, 0.5) is 0 Å². The summed E-state index contributed by atoms with van der Waals surface area (Å²) in [7, 11) is 0. The molecule has 5 heteroatoms. The Morgan fingerprint density at radius 2 is 1.83 bits per heavy atom. The molecule has 0 aromatic heterocycles. The van der Waals surface area contributed by atoms with Crippen LogP contribution in [0.15, 0.2) is 24.3 Å². The van der Waals surface area contributed by atoms with E-state index >= 15 is 0 Å². The molecule has 23 heavy (non-hydrogen) atoms. The number of carboxylic acids is 1. The fraction of sp³-hybridized carbons (Fsp3) is 0.556. The van der Waals surface area contributed by atoms with Gasteiger partial charge in [0.1, 0.15) is 0 Å². The number of amides is 1. The molecule has 1 saturated heterocycles. The van der Waals surface area contributed by atoms with Crippen molar-refractivity contribution < 1.29 is 19.4 Å². The molecule has 1 aromatic carbocycles. The van der Waals surface area contributed by atoms with Gasteiger partial charge in [0.2, 0.25) is 0 Å². The highest BCUT2D eigenvalue weighted by Crippen LogP contribution is 2.25. The molecule has 1 amide bonds. The zero-order chi connectivity index (χ0) is 16.8. The summed E-state index contributed by atoms with van der Waals surface area (Å²) in [6.45, 7) is 5.01. The molecule has 5 nitrogen and oxygen atoms in total. The minimum atomic E-state index is -0.991. The number of nitrogens with one attached hydrogen (secondary N) is 1. The number of carbonyl (C=O) groups excluding carboxylic acids is 1. The van der Waals surface area contributed by atoms with E-state index < -0.39 is 5.97 Å². The molecule has 1 fully saturated rings. The van der Waals surface area contributed by atoms with Crippen molar-refractivity contribution in [1.29, 1.82) is 0 Å². The Bertz CT molecular complexity index is 536. The molecule has 0 saturated carbocycles. The van der Waals surface area contributed by atoms with E-state index in [1.54, 1.807) is 12.1 Å². The monoisotopic (exact) mass is 319 g/mol. The molecule has 1 aliphatic rings.